The molecule has 0 bridgehead atoms. The van der Waals surface area contributed by atoms with Gasteiger partial charge >= 0.3 is 0 Å². The molecule has 2 nitrogen and oxygen atoms in total. The molecule has 13 heavy (non-hydrogen) atoms. The Balaban J connectivity index is 3.13. The molecule has 0 aliphatic rings. The lowest BCUT2D eigenvalue weighted by Crippen LogP contribution is -1.97. The van der Waals surface area contributed by atoms with Crippen molar-refractivity contribution >= 4 is 33.3 Å². The molecule has 0 atom stereocenters. The number of hydrogen-bond donors (Lipinski definition) is 1. The van der Waals surface area contributed by atoms with Gasteiger partial charge in [0.15, 0.2) is 0 Å². The molecule has 0 saturated heterocycles. The Morgan fingerprint density at radius 1 is 1.62 bits per heavy atom. The molecule has 0 saturated carbocycles. The summed E-state index contributed by atoms with van der Waals surface area (Å²) in [5.41, 5.74) is 0.580. The number of benzene rings is 1. The minimum Gasteiger partial charge on any atom is -0.508 e. The van der Waals surface area contributed by atoms with Gasteiger partial charge in [-0.15, -0.1) is 0 Å². The lowest BCUT2D eigenvalue weighted by atomic mass is 10.1. The van der Waals surface area contributed by atoms with Crippen LogP contribution in [0.1, 0.15) is 12.5 Å². The second-order valence-electron chi connectivity index (χ2n) is 2.76. The molecule has 0 aromatic heterocycles. The van der Waals surface area contributed by atoms with Gasteiger partial charge in [-0.05, 0) is 19.1 Å². The van der Waals surface area contributed by atoms with Crippen molar-refractivity contribution in [3.63, 3.8) is 0 Å². The van der Waals surface area contributed by atoms with Crippen molar-refractivity contribution in [2.45, 2.75) is 13.3 Å². The standard InChI is InChI=1S/C9H8BrClO2/c1-5(12)2-7-8(10)3-6(11)4-9(7)13/h3-4,13H,2H2,1H3. The van der Waals surface area contributed by atoms with E-state index in [0.717, 1.165) is 0 Å². The second kappa shape index (κ2) is 4.11. The van der Waals surface area contributed by atoms with E-state index in [9.17, 15) is 9.90 Å². The van der Waals surface area contributed by atoms with E-state index in [1.165, 1.54) is 13.0 Å². The fourth-order valence-corrected chi connectivity index (χ4v) is 1.95. The van der Waals surface area contributed by atoms with Gasteiger partial charge in [-0.2, -0.15) is 0 Å². The summed E-state index contributed by atoms with van der Waals surface area (Å²) in [6, 6.07) is 3.07. The maximum atomic E-state index is 10.8. The zero-order chi connectivity index (χ0) is 10.0. The van der Waals surface area contributed by atoms with E-state index in [1.807, 2.05) is 0 Å². The maximum Gasteiger partial charge on any atom is 0.134 e. The first kappa shape index (κ1) is 10.5. The zero-order valence-electron chi connectivity index (χ0n) is 6.97. The smallest absolute Gasteiger partial charge is 0.134 e. The molecule has 4 heteroatoms. The molecule has 1 N–H and O–H groups in total. The molecule has 0 unspecified atom stereocenters. The molecular formula is C9H8BrClO2. The summed E-state index contributed by atoms with van der Waals surface area (Å²) < 4.78 is 0.660. The number of Topliss-reactive ketones (excluding diaryl/α,β-unsaturated/α-hetero) is 1. The topological polar surface area (TPSA) is 37.3 Å². The quantitative estimate of drug-likeness (QED) is 0.891. The van der Waals surface area contributed by atoms with Crippen LogP contribution in [0, 0.1) is 0 Å². The van der Waals surface area contributed by atoms with Crippen molar-refractivity contribution in [2.24, 2.45) is 0 Å². The summed E-state index contributed by atoms with van der Waals surface area (Å²) in [4.78, 5) is 10.8. The van der Waals surface area contributed by atoms with Crippen LogP contribution in [0.4, 0.5) is 0 Å². The Hall–Kier alpha value is -0.540. The average molecular weight is 264 g/mol. The molecule has 1 aromatic carbocycles. The van der Waals surface area contributed by atoms with E-state index < -0.39 is 0 Å². The van der Waals surface area contributed by atoms with E-state index >= 15 is 0 Å². The van der Waals surface area contributed by atoms with Crippen LogP contribution in [0.2, 0.25) is 5.02 Å². The van der Waals surface area contributed by atoms with Gasteiger partial charge in [-0.25, -0.2) is 0 Å². The van der Waals surface area contributed by atoms with Gasteiger partial charge in [-0.1, -0.05) is 27.5 Å². The number of halogens is 2. The summed E-state index contributed by atoms with van der Waals surface area (Å²) >= 11 is 8.91. The minimum absolute atomic E-state index is 0.00155. The summed E-state index contributed by atoms with van der Waals surface area (Å²) in [7, 11) is 0. The van der Waals surface area contributed by atoms with E-state index in [2.05, 4.69) is 15.9 Å². The lowest BCUT2D eigenvalue weighted by molar-refractivity contribution is -0.116. The van der Waals surface area contributed by atoms with Crippen molar-refractivity contribution in [3.05, 3.63) is 27.2 Å². The normalized spacial score (nSPS) is 10.1. The van der Waals surface area contributed by atoms with E-state index in [0.29, 0.717) is 15.1 Å². The summed E-state index contributed by atoms with van der Waals surface area (Å²) in [5.74, 6) is 0.0490. The number of hydrogen-bond acceptors (Lipinski definition) is 2. The molecule has 0 fully saturated rings. The van der Waals surface area contributed by atoms with Gasteiger partial charge < -0.3 is 5.11 Å². The molecular weight excluding hydrogens is 255 g/mol. The third-order valence-electron chi connectivity index (χ3n) is 1.56. The highest BCUT2D eigenvalue weighted by atomic mass is 79.9. The lowest BCUT2D eigenvalue weighted by Gasteiger charge is -2.05. The number of carbonyl (C=O) groups excluding carboxylic acids is 1. The third kappa shape index (κ3) is 2.71. The van der Waals surface area contributed by atoms with Gasteiger partial charge in [0.2, 0.25) is 0 Å². The van der Waals surface area contributed by atoms with Crippen LogP contribution in [0.25, 0.3) is 0 Å². The first-order valence-electron chi connectivity index (χ1n) is 3.67. The second-order valence-corrected chi connectivity index (χ2v) is 4.05. The molecule has 70 valence electrons. The highest BCUT2D eigenvalue weighted by Crippen LogP contribution is 2.30. The van der Waals surface area contributed by atoms with Crippen LogP contribution in [0.15, 0.2) is 16.6 Å². The first-order chi connectivity index (χ1) is 6.00. The summed E-state index contributed by atoms with van der Waals surface area (Å²) in [5, 5.41) is 9.90. The van der Waals surface area contributed by atoms with Crippen molar-refractivity contribution in [2.75, 3.05) is 0 Å². The Morgan fingerprint density at radius 3 is 2.69 bits per heavy atom. The molecule has 1 aromatic rings. The van der Waals surface area contributed by atoms with Crippen LogP contribution >= 0.6 is 27.5 Å². The van der Waals surface area contributed by atoms with Crippen LogP contribution in [-0.4, -0.2) is 10.9 Å². The van der Waals surface area contributed by atoms with Crippen LogP contribution in [-0.2, 0) is 11.2 Å². The van der Waals surface area contributed by atoms with Gasteiger partial charge in [-0.3, -0.25) is 4.79 Å². The maximum absolute atomic E-state index is 10.8. The minimum atomic E-state index is -0.00155. The number of phenolic OH excluding ortho intramolecular Hbond substituents is 1. The number of rotatable bonds is 2. The predicted octanol–water partition coefficient (Wildman–Crippen LogP) is 2.94. The van der Waals surface area contributed by atoms with Crippen molar-refractivity contribution in [1.29, 1.82) is 0 Å². The molecule has 0 aliphatic heterocycles. The fourth-order valence-electron chi connectivity index (χ4n) is 1.01. The van der Waals surface area contributed by atoms with Gasteiger partial charge in [0.1, 0.15) is 11.5 Å². The fraction of sp³-hybridized carbons (Fsp3) is 0.222. The Kier molecular flexibility index (Phi) is 3.33. The third-order valence-corrected chi connectivity index (χ3v) is 2.49. The van der Waals surface area contributed by atoms with Crippen molar-refractivity contribution < 1.29 is 9.90 Å². The molecule has 0 radical (unpaired) electrons. The Morgan fingerprint density at radius 2 is 2.23 bits per heavy atom. The van der Waals surface area contributed by atoms with Crippen molar-refractivity contribution in [1.82, 2.24) is 0 Å². The average Bonchev–Trinajstić information content (AvgIpc) is 1.96. The van der Waals surface area contributed by atoms with Crippen LogP contribution < -0.4 is 0 Å². The van der Waals surface area contributed by atoms with E-state index in [1.54, 1.807) is 6.07 Å². The number of aromatic hydroxyl groups is 1. The highest BCUT2D eigenvalue weighted by molar-refractivity contribution is 9.10. The highest BCUT2D eigenvalue weighted by Gasteiger charge is 2.09. The van der Waals surface area contributed by atoms with Crippen molar-refractivity contribution in [3.8, 4) is 5.75 Å². The van der Waals surface area contributed by atoms with Gasteiger partial charge in [0.05, 0.1) is 0 Å². The first-order valence-corrected chi connectivity index (χ1v) is 4.84. The van der Waals surface area contributed by atoms with Gasteiger partial charge in [0, 0.05) is 21.5 Å². The summed E-state index contributed by atoms with van der Waals surface area (Å²) in [6.45, 7) is 1.47. The molecule has 0 spiro atoms. The zero-order valence-corrected chi connectivity index (χ0v) is 9.32. The number of ketones is 1. The van der Waals surface area contributed by atoms with Crippen LogP contribution in [0.3, 0.4) is 0 Å². The SMILES string of the molecule is CC(=O)Cc1c(O)cc(Cl)cc1Br. The number of phenols is 1. The van der Waals surface area contributed by atoms with E-state index in [-0.39, 0.29) is 18.0 Å². The Labute approximate surface area is 89.7 Å². The number of carbonyl (C=O) groups is 1. The molecule has 1 rings (SSSR count). The largest absolute Gasteiger partial charge is 0.508 e. The van der Waals surface area contributed by atoms with Gasteiger partial charge in [0.25, 0.3) is 0 Å². The predicted molar refractivity (Wildman–Crippen MR) is 55.2 cm³/mol. The Bertz CT molecular complexity index is 326. The monoisotopic (exact) mass is 262 g/mol. The van der Waals surface area contributed by atoms with E-state index in [4.69, 9.17) is 11.6 Å². The molecule has 0 heterocycles. The van der Waals surface area contributed by atoms with Crippen LogP contribution in [0.5, 0.6) is 5.75 Å². The molecule has 0 amide bonds. The molecule has 0 aliphatic carbocycles. The summed E-state index contributed by atoms with van der Waals surface area (Å²) in [6.07, 6.45) is 0.212.